The van der Waals surface area contributed by atoms with E-state index in [4.69, 9.17) is 4.74 Å². The maximum atomic E-state index is 6.23. The summed E-state index contributed by atoms with van der Waals surface area (Å²) in [5.41, 5.74) is 2.63. The van der Waals surface area contributed by atoms with Crippen molar-refractivity contribution in [3.8, 4) is 0 Å². The molecule has 0 saturated heterocycles. The fourth-order valence-corrected chi connectivity index (χ4v) is 3.93. The Balaban J connectivity index is 1.90. The summed E-state index contributed by atoms with van der Waals surface area (Å²) in [4.78, 5) is 4.59. The molecule has 0 spiro atoms. The summed E-state index contributed by atoms with van der Waals surface area (Å²) >= 11 is 0. The number of hydrogen-bond acceptors (Lipinski definition) is 2. The van der Waals surface area contributed by atoms with E-state index in [9.17, 15) is 0 Å². The highest BCUT2D eigenvalue weighted by Gasteiger charge is 2.44. The Morgan fingerprint density at radius 1 is 1.09 bits per heavy atom. The Kier molecular flexibility index (Phi) is 3.85. The van der Waals surface area contributed by atoms with Gasteiger partial charge in [0.25, 0.3) is 0 Å². The van der Waals surface area contributed by atoms with Gasteiger partial charge >= 0.3 is 0 Å². The van der Waals surface area contributed by atoms with Gasteiger partial charge in [0.05, 0.1) is 0 Å². The maximum absolute atomic E-state index is 6.23. The highest BCUT2D eigenvalue weighted by atomic mass is 16.5. The van der Waals surface area contributed by atoms with Gasteiger partial charge < -0.3 is 4.74 Å². The second kappa shape index (κ2) is 5.36. The quantitative estimate of drug-likeness (QED) is 0.688. The van der Waals surface area contributed by atoms with Crippen LogP contribution in [0.15, 0.2) is 24.4 Å². The van der Waals surface area contributed by atoms with Gasteiger partial charge in [-0.2, -0.15) is 0 Å². The van der Waals surface area contributed by atoms with Gasteiger partial charge in [-0.15, -0.1) is 0 Å². The molecule has 23 heavy (non-hydrogen) atoms. The summed E-state index contributed by atoms with van der Waals surface area (Å²) in [6.45, 7) is 13.6. The first kappa shape index (κ1) is 16.5. The van der Waals surface area contributed by atoms with Crippen LogP contribution in [0, 0.1) is 10.8 Å². The molecule has 1 aliphatic carbocycles. The van der Waals surface area contributed by atoms with Crippen molar-refractivity contribution in [3.63, 3.8) is 0 Å². The third-order valence-electron chi connectivity index (χ3n) is 6.74. The fourth-order valence-electron chi connectivity index (χ4n) is 3.93. The lowest BCUT2D eigenvalue weighted by atomic mass is 9.73. The van der Waals surface area contributed by atoms with Crippen LogP contribution in [0.1, 0.15) is 84.4 Å². The lowest BCUT2D eigenvalue weighted by molar-refractivity contribution is 0.0188. The average Bonchev–Trinajstić information content (AvgIpc) is 3.01. The van der Waals surface area contributed by atoms with E-state index in [-0.39, 0.29) is 11.0 Å². The first-order valence-corrected chi connectivity index (χ1v) is 9.03. The zero-order valence-corrected chi connectivity index (χ0v) is 15.6. The maximum Gasteiger partial charge on any atom is 0.142 e. The second-order valence-corrected chi connectivity index (χ2v) is 8.90. The van der Waals surface area contributed by atoms with Crippen molar-refractivity contribution >= 4 is 5.76 Å². The summed E-state index contributed by atoms with van der Waals surface area (Å²) in [6, 6.07) is 4.43. The summed E-state index contributed by atoms with van der Waals surface area (Å²) in [7, 11) is 0. The number of nitrogens with zero attached hydrogens (tertiary/aromatic N) is 1. The smallest absolute Gasteiger partial charge is 0.142 e. The van der Waals surface area contributed by atoms with Crippen LogP contribution in [0.25, 0.3) is 5.76 Å². The number of pyridine rings is 1. The van der Waals surface area contributed by atoms with Gasteiger partial charge in [0, 0.05) is 11.6 Å². The van der Waals surface area contributed by atoms with Gasteiger partial charge in [-0.25, -0.2) is 0 Å². The van der Waals surface area contributed by atoms with Crippen LogP contribution >= 0.6 is 0 Å². The molecule has 0 amide bonds. The Hall–Kier alpha value is -1.31. The van der Waals surface area contributed by atoms with Crippen molar-refractivity contribution in [1.29, 1.82) is 0 Å². The normalized spacial score (nSPS) is 25.7. The van der Waals surface area contributed by atoms with Gasteiger partial charge in [-0.1, -0.05) is 40.5 Å². The molecular formula is C21H31NO. The van der Waals surface area contributed by atoms with E-state index in [1.165, 1.54) is 31.2 Å². The molecule has 2 nitrogen and oxygen atoms in total. The SMILES string of the molecule is CC(c1ccnc(C2=CC(C)(C)C(C)(C)O2)c1)C1(C)CCCC1. The lowest BCUT2D eigenvalue weighted by Gasteiger charge is -2.33. The molecule has 126 valence electrons. The third kappa shape index (κ3) is 2.81. The Morgan fingerprint density at radius 3 is 2.30 bits per heavy atom. The minimum atomic E-state index is -0.191. The molecule has 3 rings (SSSR count). The molecule has 2 heteroatoms. The zero-order valence-electron chi connectivity index (χ0n) is 15.6. The van der Waals surface area contributed by atoms with Crippen molar-refractivity contribution in [3.05, 3.63) is 35.7 Å². The van der Waals surface area contributed by atoms with E-state index in [0.29, 0.717) is 11.3 Å². The molecule has 1 aromatic rings. The van der Waals surface area contributed by atoms with Crippen molar-refractivity contribution < 1.29 is 4.74 Å². The van der Waals surface area contributed by atoms with E-state index in [2.05, 4.69) is 64.7 Å². The van der Waals surface area contributed by atoms with Crippen molar-refractivity contribution in [2.75, 3.05) is 0 Å². The first-order valence-electron chi connectivity index (χ1n) is 9.03. The van der Waals surface area contributed by atoms with E-state index in [1.54, 1.807) is 0 Å². The molecule has 1 aliphatic heterocycles. The zero-order chi connectivity index (χ0) is 16.9. The molecule has 1 atom stereocenters. The lowest BCUT2D eigenvalue weighted by Crippen LogP contribution is -2.35. The van der Waals surface area contributed by atoms with Crippen LogP contribution in [0.3, 0.4) is 0 Å². The molecule has 0 aromatic carbocycles. The number of aromatic nitrogens is 1. The largest absolute Gasteiger partial charge is 0.485 e. The van der Waals surface area contributed by atoms with Crippen molar-refractivity contribution in [2.24, 2.45) is 10.8 Å². The molecule has 1 fully saturated rings. The van der Waals surface area contributed by atoms with Crippen LogP contribution in [-0.2, 0) is 4.74 Å². The minimum Gasteiger partial charge on any atom is -0.485 e. The Bertz CT molecular complexity index is 620. The molecule has 0 radical (unpaired) electrons. The summed E-state index contributed by atoms with van der Waals surface area (Å²) < 4.78 is 6.23. The first-order chi connectivity index (χ1) is 10.6. The summed E-state index contributed by atoms with van der Waals surface area (Å²) in [5, 5.41) is 0. The molecule has 1 unspecified atom stereocenters. The molecule has 2 aliphatic rings. The van der Waals surface area contributed by atoms with E-state index >= 15 is 0 Å². The number of hydrogen-bond donors (Lipinski definition) is 0. The van der Waals surface area contributed by atoms with E-state index < -0.39 is 0 Å². The molecule has 1 aromatic heterocycles. The van der Waals surface area contributed by atoms with E-state index in [0.717, 1.165) is 11.5 Å². The van der Waals surface area contributed by atoms with Crippen LogP contribution < -0.4 is 0 Å². The van der Waals surface area contributed by atoms with Crippen molar-refractivity contribution in [1.82, 2.24) is 4.98 Å². The molecule has 0 bridgehead atoms. The highest BCUT2D eigenvalue weighted by molar-refractivity contribution is 5.61. The van der Waals surface area contributed by atoms with Crippen LogP contribution in [0.5, 0.6) is 0 Å². The van der Waals surface area contributed by atoms with Gasteiger partial charge in [0.15, 0.2) is 0 Å². The Morgan fingerprint density at radius 2 is 1.74 bits per heavy atom. The third-order valence-corrected chi connectivity index (χ3v) is 6.74. The van der Waals surface area contributed by atoms with Crippen LogP contribution in [-0.4, -0.2) is 10.6 Å². The van der Waals surface area contributed by atoms with Crippen LogP contribution in [0.2, 0.25) is 0 Å². The standard InChI is InChI=1S/C21H31NO/c1-15(21(6)10-7-8-11-21)16-9-12-22-17(13-16)18-14-19(2,3)20(4,5)23-18/h9,12-15H,7-8,10-11H2,1-6H3. The average molecular weight is 313 g/mol. The van der Waals surface area contributed by atoms with Gasteiger partial charge in [-0.05, 0) is 61.8 Å². The van der Waals surface area contributed by atoms with Gasteiger partial charge in [-0.3, -0.25) is 4.98 Å². The number of rotatable bonds is 3. The predicted octanol–water partition coefficient (Wildman–Crippen LogP) is 5.94. The molecular weight excluding hydrogens is 282 g/mol. The predicted molar refractivity (Wildman–Crippen MR) is 96.1 cm³/mol. The highest BCUT2D eigenvalue weighted by Crippen LogP contribution is 2.49. The summed E-state index contributed by atoms with van der Waals surface area (Å²) in [6.07, 6.45) is 9.60. The van der Waals surface area contributed by atoms with Gasteiger partial charge in [0.1, 0.15) is 17.1 Å². The molecule has 2 heterocycles. The fraction of sp³-hybridized carbons (Fsp3) is 0.667. The minimum absolute atomic E-state index is 0.0169. The molecule has 1 saturated carbocycles. The monoisotopic (exact) mass is 313 g/mol. The van der Waals surface area contributed by atoms with Gasteiger partial charge in [0.2, 0.25) is 0 Å². The van der Waals surface area contributed by atoms with E-state index in [1.807, 2.05) is 6.20 Å². The summed E-state index contributed by atoms with van der Waals surface area (Å²) in [5.74, 6) is 1.50. The topological polar surface area (TPSA) is 22.1 Å². The number of ether oxygens (including phenoxy) is 1. The molecule has 0 N–H and O–H groups in total. The second-order valence-electron chi connectivity index (χ2n) is 8.90. The van der Waals surface area contributed by atoms with Crippen LogP contribution in [0.4, 0.5) is 0 Å². The Labute approximate surface area is 141 Å². The van der Waals surface area contributed by atoms with Crippen molar-refractivity contribution in [2.45, 2.75) is 78.7 Å².